The number of thiazole rings is 2. The summed E-state index contributed by atoms with van der Waals surface area (Å²) in [4.78, 5) is 15.7. The van der Waals surface area contributed by atoms with Gasteiger partial charge < -0.3 is 15.3 Å². The molecule has 0 spiro atoms. The van der Waals surface area contributed by atoms with Gasteiger partial charge in [0.1, 0.15) is 5.69 Å². The van der Waals surface area contributed by atoms with Crippen LogP contribution in [0, 0.1) is 0 Å². The van der Waals surface area contributed by atoms with Gasteiger partial charge in [0.15, 0.2) is 10.8 Å². The highest BCUT2D eigenvalue weighted by molar-refractivity contribution is 7.81. The second-order valence-electron chi connectivity index (χ2n) is 8.72. The van der Waals surface area contributed by atoms with Crippen molar-refractivity contribution in [3.8, 4) is 5.19 Å². The Bertz CT molecular complexity index is 1660. The van der Waals surface area contributed by atoms with E-state index in [-0.39, 0.29) is 10.8 Å². The zero-order valence-corrected chi connectivity index (χ0v) is 23.5. The van der Waals surface area contributed by atoms with Crippen LogP contribution >= 0.6 is 34.9 Å². The van der Waals surface area contributed by atoms with Crippen molar-refractivity contribution in [3.63, 3.8) is 0 Å². The summed E-state index contributed by atoms with van der Waals surface area (Å²) in [7, 11) is 0. The number of benzene rings is 4. The molecule has 2 aromatic heterocycles. The summed E-state index contributed by atoms with van der Waals surface area (Å²) in [5.41, 5.74) is 9.11. The van der Waals surface area contributed by atoms with E-state index in [1.165, 1.54) is 22.7 Å². The summed E-state index contributed by atoms with van der Waals surface area (Å²) >= 11 is 8.43. The first-order valence-electron chi connectivity index (χ1n) is 12.4. The van der Waals surface area contributed by atoms with Crippen molar-refractivity contribution < 1.29 is 9.57 Å². The van der Waals surface area contributed by atoms with Gasteiger partial charge in [-0.25, -0.2) is 9.97 Å². The van der Waals surface area contributed by atoms with Crippen LogP contribution in [-0.2, 0) is 10.4 Å². The number of para-hydroxylation sites is 1. The molecule has 0 fully saturated rings. The van der Waals surface area contributed by atoms with Gasteiger partial charge in [0.25, 0.3) is 5.19 Å². The van der Waals surface area contributed by atoms with Crippen LogP contribution in [0.2, 0.25) is 0 Å². The lowest BCUT2D eigenvalue weighted by molar-refractivity contribution is 0.0176. The van der Waals surface area contributed by atoms with Crippen LogP contribution < -0.4 is 10.5 Å². The third-order valence-corrected chi connectivity index (χ3v) is 8.09. The molecule has 6 aromatic rings. The molecule has 4 aromatic carbocycles. The van der Waals surface area contributed by atoms with E-state index in [4.69, 9.17) is 27.5 Å². The molecule has 0 amide bonds. The highest BCUT2D eigenvalue weighted by Gasteiger charge is 2.40. The molecule has 0 atom stereocenters. The smallest absolute Gasteiger partial charge is 0.280 e. The summed E-state index contributed by atoms with van der Waals surface area (Å²) in [6.07, 6.45) is 0. The van der Waals surface area contributed by atoms with Crippen molar-refractivity contribution in [2.24, 2.45) is 5.16 Å². The number of thiocarbonyl (C=S) groups is 1. The lowest BCUT2D eigenvalue weighted by atomic mass is 9.80. The van der Waals surface area contributed by atoms with Gasteiger partial charge in [-0.15, -0.1) is 11.3 Å². The van der Waals surface area contributed by atoms with Crippen LogP contribution in [0.4, 0.5) is 5.13 Å². The maximum absolute atomic E-state index is 6.66. The number of hydrogen-bond donors (Lipinski definition) is 1. The van der Waals surface area contributed by atoms with Crippen LogP contribution in [0.3, 0.4) is 0 Å². The number of anilines is 1. The maximum Gasteiger partial charge on any atom is 0.280 e. The van der Waals surface area contributed by atoms with E-state index >= 15 is 0 Å². The van der Waals surface area contributed by atoms with Crippen LogP contribution in [0.5, 0.6) is 5.19 Å². The fourth-order valence-corrected chi connectivity index (χ4v) is 6.04. The molecule has 6 rings (SSSR count). The molecule has 0 unspecified atom stereocenters. The third-order valence-electron chi connectivity index (χ3n) is 6.23. The number of rotatable bonds is 8. The number of ether oxygens (including phenoxy) is 1. The van der Waals surface area contributed by atoms with Crippen LogP contribution in [0.25, 0.3) is 10.2 Å². The van der Waals surface area contributed by atoms with E-state index in [0.717, 1.165) is 26.9 Å². The lowest BCUT2D eigenvalue weighted by Crippen LogP contribution is -2.32. The number of hydrogen-bond acceptors (Lipinski definition) is 9. The van der Waals surface area contributed by atoms with Crippen LogP contribution in [0.15, 0.2) is 126 Å². The molecule has 0 radical (unpaired) electrons. The van der Waals surface area contributed by atoms with Gasteiger partial charge in [-0.3, -0.25) is 0 Å². The standard InChI is InChI=1S/C31H22N4O2S3/c32-29-33-25(20-39-29)27(28(38)36-30-34-24-18-10-11-19-26(24)40-30)35-37-31(21-12-4-1-5-13-21,22-14-6-2-7-15-22)23-16-8-3-9-17-23/h1-20H,(H2,32,33). The van der Waals surface area contributed by atoms with E-state index in [2.05, 4.69) is 15.1 Å². The quantitative estimate of drug-likeness (QED) is 0.0874. The molecule has 2 heterocycles. The largest absolute Gasteiger partial charge is 0.416 e. The van der Waals surface area contributed by atoms with Gasteiger partial charge in [0, 0.05) is 22.1 Å². The van der Waals surface area contributed by atoms with E-state index in [9.17, 15) is 0 Å². The minimum atomic E-state index is -1.10. The van der Waals surface area contributed by atoms with E-state index in [0.29, 0.717) is 16.0 Å². The molecule has 0 saturated heterocycles. The van der Waals surface area contributed by atoms with Crippen LogP contribution in [0.1, 0.15) is 22.4 Å². The number of aromatic nitrogens is 2. The predicted molar refractivity (Wildman–Crippen MR) is 166 cm³/mol. The Balaban J connectivity index is 1.48. The Morgan fingerprint density at radius 2 is 1.30 bits per heavy atom. The fourth-order valence-electron chi connectivity index (χ4n) is 4.40. The summed E-state index contributed by atoms with van der Waals surface area (Å²) in [5, 5.41) is 7.32. The molecule has 40 heavy (non-hydrogen) atoms. The second-order valence-corrected chi connectivity index (χ2v) is 11.0. The monoisotopic (exact) mass is 578 g/mol. The Kier molecular flexibility index (Phi) is 7.33. The lowest BCUT2D eigenvalue weighted by Gasteiger charge is -2.33. The molecular weight excluding hydrogens is 557 g/mol. The minimum Gasteiger partial charge on any atom is -0.416 e. The molecule has 196 valence electrons. The summed E-state index contributed by atoms with van der Waals surface area (Å²) in [6, 6.07) is 37.7. The van der Waals surface area contributed by atoms with Gasteiger partial charge in [-0.05, 0) is 24.4 Å². The first-order valence-corrected chi connectivity index (χ1v) is 14.5. The summed E-state index contributed by atoms with van der Waals surface area (Å²) < 4.78 is 7.05. The molecule has 9 heteroatoms. The van der Waals surface area contributed by atoms with Crippen molar-refractivity contribution in [2.75, 3.05) is 5.73 Å². The van der Waals surface area contributed by atoms with Gasteiger partial charge in [-0.2, -0.15) is 0 Å². The molecule has 0 aliphatic carbocycles. The average Bonchev–Trinajstić information content (AvgIpc) is 3.62. The number of nitrogens with zero attached hydrogens (tertiary/aromatic N) is 3. The van der Waals surface area contributed by atoms with E-state index < -0.39 is 5.60 Å². The molecular formula is C31H22N4O2S3. The Labute approximate surface area is 244 Å². The predicted octanol–water partition coefficient (Wildman–Crippen LogP) is 7.45. The highest BCUT2D eigenvalue weighted by Crippen LogP contribution is 2.41. The number of fused-ring (bicyclic) bond motifs is 1. The zero-order valence-electron chi connectivity index (χ0n) is 21.0. The molecule has 0 bridgehead atoms. The number of nitrogen functional groups attached to an aromatic ring is 1. The first kappa shape index (κ1) is 25.8. The minimum absolute atomic E-state index is 0.0763. The topological polar surface area (TPSA) is 82.6 Å². The van der Waals surface area contributed by atoms with E-state index in [1.54, 1.807) is 5.38 Å². The molecule has 0 aliphatic heterocycles. The van der Waals surface area contributed by atoms with Gasteiger partial charge in [-0.1, -0.05) is 120 Å². The van der Waals surface area contributed by atoms with Crippen molar-refractivity contribution in [1.29, 1.82) is 0 Å². The summed E-state index contributed by atoms with van der Waals surface area (Å²) in [6.45, 7) is 0. The van der Waals surface area contributed by atoms with Crippen molar-refractivity contribution in [3.05, 3.63) is 143 Å². The van der Waals surface area contributed by atoms with E-state index in [1.807, 2.05) is 115 Å². The number of oxime groups is 1. The van der Waals surface area contributed by atoms with Crippen molar-refractivity contribution in [2.45, 2.75) is 5.60 Å². The normalized spacial score (nSPS) is 11.8. The molecule has 2 N–H and O–H groups in total. The molecule has 0 saturated carbocycles. The van der Waals surface area contributed by atoms with Crippen molar-refractivity contribution in [1.82, 2.24) is 9.97 Å². The third kappa shape index (κ3) is 5.10. The Morgan fingerprint density at radius 3 is 1.82 bits per heavy atom. The molecule has 6 nitrogen and oxygen atoms in total. The van der Waals surface area contributed by atoms with Gasteiger partial charge >= 0.3 is 0 Å². The van der Waals surface area contributed by atoms with Crippen LogP contribution in [-0.4, -0.2) is 20.7 Å². The first-order chi connectivity index (χ1) is 19.6. The molecule has 0 aliphatic rings. The van der Waals surface area contributed by atoms with Crippen molar-refractivity contribution >= 4 is 61.0 Å². The number of nitrogens with two attached hydrogens (primary N) is 1. The highest BCUT2D eigenvalue weighted by atomic mass is 32.1. The maximum atomic E-state index is 6.66. The van der Waals surface area contributed by atoms with Gasteiger partial charge in [0.05, 0.1) is 10.2 Å². The zero-order chi connectivity index (χ0) is 27.4. The fraction of sp³-hybridized carbons (Fsp3) is 0.0323. The average molecular weight is 579 g/mol. The SMILES string of the molecule is Nc1nc(C(=NOC(c2ccccc2)(c2ccccc2)c2ccccc2)C(=S)Oc2nc3ccccc3s2)cs1. The Morgan fingerprint density at radius 1 is 0.750 bits per heavy atom. The van der Waals surface area contributed by atoms with Gasteiger partial charge in [0.2, 0.25) is 10.7 Å². The second kappa shape index (κ2) is 11.4. The Hall–Kier alpha value is -4.44. The summed E-state index contributed by atoms with van der Waals surface area (Å²) in [5.74, 6) is 0.